The highest BCUT2D eigenvalue weighted by molar-refractivity contribution is 6.51. The summed E-state index contributed by atoms with van der Waals surface area (Å²) >= 11 is 0. The largest absolute Gasteiger partial charge is 0.507 e. The maximum absolute atomic E-state index is 13.4. The second kappa shape index (κ2) is 9.79. The zero-order chi connectivity index (χ0) is 25.3. The van der Waals surface area contributed by atoms with Crippen LogP contribution in [0.15, 0.2) is 72.3 Å². The van der Waals surface area contributed by atoms with Gasteiger partial charge in [0.15, 0.2) is 0 Å². The van der Waals surface area contributed by atoms with E-state index in [4.69, 9.17) is 4.74 Å². The van der Waals surface area contributed by atoms with Crippen LogP contribution >= 0.6 is 0 Å². The number of rotatable bonds is 6. The molecule has 3 aromatic carbocycles. The zero-order valence-corrected chi connectivity index (χ0v) is 20.8. The lowest BCUT2D eigenvalue weighted by molar-refractivity contribution is -0.132. The van der Waals surface area contributed by atoms with Crippen LogP contribution in [0, 0.1) is 13.8 Å². The Kier molecular flexibility index (Phi) is 6.79. The third kappa shape index (κ3) is 4.46. The second-order valence-corrected chi connectivity index (χ2v) is 9.20. The number of aliphatic hydroxyl groups is 1. The predicted molar refractivity (Wildman–Crippen MR) is 139 cm³/mol. The van der Waals surface area contributed by atoms with E-state index in [1.807, 2.05) is 95.3 Å². The molecule has 0 spiro atoms. The minimum Gasteiger partial charge on any atom is -0.507 e. The number of nitrogens with zero attached hydrogens (tertiary/aromatic N) is 1. The summed E-state index contributed by atoms with van der Waals surface area (Å²) in [6.45, 7) is 10.5. The van der Waals surface area contributed by atoms with Crippen molar-refractivity contribution in [2.24, 2.45) is 0 Å². The third-order valence-electron chi connectivity index (χ3n) is 6.44. The standard InChI is InChI=1S/C30H31NO4/c1-6-35-25-16-13-21(17-24(25)18(2)3)28(32)26-27(23-10-8-7-9-20(23)5)31(30(34)29(26)33)22-14-11-19(4)12-15-22/h7-18,27,32H,6H2,1-5H3/b28-26+. The summed E-state index contributed by atoms with van der Waals surface area (Å²) in [5.41, 5.74) is 4.88. The molecule has 0 radical (unpaired) electrons. The SMILES string of the molecule is CCOc1ccc(/C(O)=C2\C(=O)C(=O)N(c3ccc(C)cc3)C2c2ccccc2C)cc1C(C)C. The van der Waals surface area contributed by atoms with Gasteiger partial charge in [-0.05, 0) is 73.7 Å². The lowest BCUT2D eigenvalue weighted by atomic mass is 9.91. The number of benzene rings is 3. The van der Waals surface area contributed by atoms with Crippen molar-refractivity contribution in [3.8, 4) is 5.75 Å². The van der Waals surface area contributed by atoms with Crippen molar-refractivity contribution in [2.75, 3.05) is 11.5 Å². The van der Waals surface area contributed by atoms with Gasteiger partial charge in [-0.25, -0.2) is 0 Å². The Bertz CT molecular complexity index is 1300. The number of Topliss-reactive ketones (excluding diaryl/α,β-unsaturated/α-hetero) is 1. The molecule has 180 valence electrons. The highest BCUT2D eigenvalue weighted by Crippen LogP contribution is 2.43. The Labute approximate surface area is 206 Å². The number of hydrogen-bond acceptors (Lipinski definition) is 4. The highest BCUT2D eigenvalue weighted by Gasteiger charge is 2.47. The van der Waals surface area contributed by atoms with Gasteiger partial charge < -0.3 is 9.84 Å². The first-order valence-corrected chi connectivity index (χ1v) is 11.9. The van der Waals surface area contributed by atoms with E-state index in [-0.39, 0.29) is 17.3 Å². The van der Waals surface area contributed by atoms with Gasteiger partial charge in [0.2, 0.25) is 0 Å². The summed E-state index contributed by atoms with van der Waals surface area (Å²) in [5.74, 6) is -0.646. The first kappa shape index (κ1) is 24.3. The molecular formula is C30H31NO4. The molecule has 0 saturated carbocycles. The Hall–Kier alpha value is -3.86. The third-order valence-corrected chi connectivity index (χ3v) is 6.44. The number of amides is 1. The van der Waals surface area contributed by atoms with Crippen molar-refractivity contribution in [1.29, 1.82) is 0 Å². The van der Waals surface area contributed by atoms with E-state index in [9.17, 15) is 14.7 Å². The predicted octanol–water partition coefficient (Wildman–Crippen LogP) is 6.45. The topological polar surface area (TPSA) is 66.8 Å². The van der Waals surface area contributed by atoms with Crippen molar-refractivity contribution < 1.29 is 19.4 Å². The Morgan fingerprint density at radius 1 is 1.00 bits per heavy atom. The minimum absolute atomic E-state index is 0.0868. The Morgan fingerprint density at radius 3 is 2.31 bits per heavy atom. The van der Waals surface area contributed by atoms with Crippen molar-refractivity contribution in [3.05, 3.63) is 100 Å². The summed E-state index contributed by atoms with van der Waals surface area (Å²) in [6.07, 6.45) is 0. The first-order chi connectivity index (χ1) is 16.7. The molecule has 1 N–H and O–H groups in total. The number of ketones is 1. The number of carbonyl (C=O) groups excluding carboxylic acids is 2. The molecule has 1 aliphatic heterocycles. The van der Waals surface area contributed by atoms with Crippen LogP contribution < -0.4 is 9.64 Å². The van der Waals surface area contributed by atoms with Crippen molar-refractivity contribution >= 4 is 23.1 Å². The molecule has 0 aliphatic carbocycles. The fourth-order valence-corrected chi connectivity index (χ4v) is 4.58. The lowest BCUT2D eigenvalue weighted by Gasteiger charge is -2.27. The van der Waals surface area contributed by atoms with Gasteiger partial charge in [-0.2, -0.15) is 0 Å². The van der Waals surface area contributed by atoms with Crippen LogP contribution in [0.2, 0.25) is 0 Å². The molecule has 1 amide bonds. The molecule has 35 heavy (non-hydrogen) atoms. The van der Waals surface area contributed by atoms with Gasteiger partial charge in [-0.15, -0.1) is 0 Å². The van der Waals surface area contributed by atoms with Gasteiger partial charge in [0.05, 0.1) is 18.2 Å². The van der Waals surface area contributed by atoms with Crippen LogP contribution in [0.25, 0.3) is 5.76 Å². The van der Waals surface area contributed by atoms with E-state index >= 15 is 0 Å². The summed E-state index contributed by atoms with van der Waals surface area (Å²) in [4.78, 5) is 28.3. The van der Waals surface area contributed by atoms with Crippen LogP contribution in [0.3, 0.4) is 0 Å². The normalized spacial score (nSPS) is 17.3. The van der Waals surface area contributed by atoms with E-state index in [1.165, 1.54) is 4.90 Å². The first-order valence-electron chi connectivity index (χ1n) is 11.9. The van der Waals surface area contributed by atoms with E-state index in [0.29, 0.717) is 17.9 Å². The van der Waals surface area contributed by atoms with Gasteiger partial charge in [0, 0.05) is 11.3 Å². The maximum Gasteiger partial charge on any atom is 0.300 e. The zero-order valence-electron chi connectivity index (χ0n) is 20.8. The fourth-order valence-electron chi connectivity index (χ4n) is 4.58. The quantitative estimate of drug-likeness (QED) is 0.256. The van der Waals surface area contributed by atoms with Crippen LogP contribution in [-0.2, 0) is 9.59 Å². The van der Waals surface area contributed by atoms with Crippen molar-refractivity contribution in [3.63, 3.8) is 0 Å². The molecule has 1 fully saturated rings. The molecular weight excluding hydrogens is 438 g/mol. The fraction of sp³-hybridized carbons (Fsp3) is 0.267. The van der Waals surface area contributed by atoms with E-state index < -0.39 is 17.7 Å². The summed E-state index contributed by atoms with van der Waals surface area (Å²) in [6, 6.07) is 19.8. The number of aliphatic hydroxyl groups excluding tert-OH is 1. The van der Waals surface area contributed by atoms with Gasteiger partial charge in [-0.3, -0.25) is 14.5 Å². The monoisotopic (exact) mass is 469 g/mol. The van der Waals surface area contributed by atoms with Crippen LogP contribution in [0.5, 0.6) is 5.75 Å². The average molecular weight is 470 g/mol. The Morgan fingerprint density at radius 2 is 1.69 bits per heavy atom. The van der Waals surface area contributed by atoms with Crippen LogP contribution in [0.1, 0.15) is 60.5 Å². The molecule has 0 bridgehead atoms. The maximum atomic E-state index is 13.4. The number of carbonyl (C=O) groups is 2. The number of ether oxygens (including phenoxy) is 1. The van der Waals surface area contributed by atoms with Crippen molar-refractivity contribution in [1.82, 2.24) is 0 Å². The molecule has 0 aromatic heterocycles. The Balaban J connectivity index is 1.94. The van der Waals surface area contributed by atoms with Crippen LogP contribution in [0.4, 0.5) is 5.69 Å². The van der Waals surface area contributed by atoms with E-state index in [0.717, 1.165) is 28.0 Å². The van der Waals surface area contributed by atoms with Gasteiger partial charge in [-0.1, -0.05) is 55.8 Å². The molecule has 3 aromatic rings. The van der Waals surface area contributed by atoms with Gasteiger partial charge >= 0.3 is 0 Å². The van der Waals surface area contributed by atoms with E-state index in [2.05, 4.69) is 0 Å². The molecule has 4 rings (SSSR count). The van der Waals surface area contributed by atoms with E-state index in [1.54, 1.807) is 6.07 Å². The average Bonchev–Trinajstić information content (AvgIpc) is 3.10. The van der Waals surface area contributed by atoms with Crippen molar-refractivity contribution in [2.45, 2.75) is 46.6 Å². The lowest BCUT2D eigenvalue weighted by Crippen LogP contribution is -2.29. The molecule has 1 aliphatic rings. The number of hydrogen-bond donors (Lipinski definition) is 1. The molecule has 5 heteroatoms. The summed E-state index contributed by atoms with van der Waals surface area (Å²) < 4.78 is 5.76. The van der Waals surface area contributed by atoms with Gasteiger partial charge in [0.25, 0.3) is 11.7 Å². The number of aryl methyl sites for hydroxylation is 2. The summed E-state index contributed by atoms with van der Waals surface area (Å²) in [7, 11) is 0. The summed E-state index contributed by atoms with van der Waals surface area (Å²) in [5, 5.41) is 11.5. The molecule has 1 heterocycles. The van der Waals surface area contributed by atoms with Crippen LogP contribution in [-0.4, -0.2) is 23.4 Å². The molecule has 1 unspecified atom stereocenters. The minimum atomic E-state index is -0.743. The smallest absolute Gasteiger partial charge is 0.300 e. The molecule has 1 atom stereocenters. The van der Waals surface area contributed by atoms with Gasteiger partial charge in [0.1, 0.15) is 11.5 Å². The number of anilines is 1. The molecule has 1 saturated heterocycles. The molecule has 5 nitrogen and oxygen atoms in total. The second-order valence-electron chi connectivity index (χ2n) is 9.20. The highest BCUT2D eigenvalue weighted by atomic mass is 16.5.